The Bertz CT molecular complexity index is 152. The minimum Gasteiger partial charge on any atom is -0.303 e. The van der Waals surface area contributed by atoms with Crippen molar-refractivity contribution < 1.29 is 0 Å². The van der Waals surface area contributed by atoms with Crippen molar-refractivity contribution in [2.75, 3.05) is 33.2 Å². The van der Waals surface area contributed by atoms with Crippen LogP contribution in [0.1, 0.15) is 33.6 Å². The third-order valence-corrected chi connectivity index (χ3v) is 3.05. The van der Waals surface area contributed by atoms with Crippen molar-refractivity contribution in [3.8, 4) is 0 Å². The molecule has 2 nitrogen and oxygen atoms in total. The third-order valence-electron chi connectivity index (χ3n) is 3.05. The maximum absolute atomic E-state index is 2.64. The molecule has 78 valence electrons. The van der Waals surface area contributed by atoms with E-state index in [4.69, 9.17) is 0 Å². The quantitative estimate of drug-likeness (QED) is 0.660. The van der Waals surface area contributed by atoms with Crippen LogP contribution in [0.25, 0.3) is 0 Å². The lowest BCUT2D eigenvalue weighted by molar-refractivity contribution is 0.0309. The molecule has 0 unspecified atom stereocenters. The van der Waals surface area contributed by atoms with Crippen molar-refractivity contribution in [2.45, 2.75) is 39.2 Å². The minimum absolute atomic E-state index is 0.377. The van der Waals surface area contributed by atoms with Gasteiger partial charge < -0.3 is 4.90 Å². The van der Waals surface area contributed by atoms with Gasteiger partial charge in [0, 0.05) is 25.2 Å². The van der Waals surface area contributed by atoms with Crippen molar-refractivity contribution in [1.82, 2.24) is 9.80 Å². The maximum Gasteiger partial charge on any atom is 0.0280 e. The Morgan fingerprint density at radius 2 is 1.92 bits per heavy atom. The molecule has 1 heterocycles. The lowest BCUT2D eigenvalue weighted by Crippen LogP contribution is -2.58. The van der Waals surface area contributed by atoms with E-state index < -0.39 is 0 Å². The highest BCUT2D eigenvalue weighted by Crippen LogP contribution is 2.20. The fourth-order valence-electron chi connectivity index (χ4n) is 2.20. The molecule has 2 heteroatoms. The first kappa shape index (κ1) is 11.0. The van der Waals surface area contributed by atoms with Crippen LogP contribution in [0.5, 0.6) is 0 Å². The molecule has 0 aromatic rings. The SMILES string of the molecule is CCCCN1CCN(C)CC1(C)C. The van der Waals surface area contributed by atoms with Gasteiger partial charge in [-0.05, 0) is 33.9 Å². The lowest BCUT2D eigenvalue weighted by Gasteiger charge is -2.46. The molecule has 1 rings (SSSR count). The van der Waals surface area contributed by atoms with E-state index in [0.29, 0.717) is 5.54 Å². The Hall–Kier alpha value is -0.0800. The largest absolute Gasteiger partial charge is 0.303 e. The molecule has 0 spiro atoms. The zero-order chi connectivity index (χ0) is 9.90. The number of piperazine rings is 1. The molecule has 0 atom stereocenters. The number of hydrogen-bond donors (Lipinski definition) is 0. The highest BCUT2D eigenvalue weighted by molar-refractivity contribution is 4.88. The van der Waals surface area contributed by atoms with E-state index in [-0.39, 0.29) is 0 Å². The van der Waals surface area contributed by atoms with E-state index >= 15 is 0 Å². The molecule has 13 heavy (non-hydrogen) atoms. The Kier molecular flexibility index (Phi) is 3.74. The summed E-state index contributed by atoms with van der Waals surface area (Å²) in [5.41, 5.74) is 0.377. The van der Waals surface area contributed by atoms with Gasteiger partial charge in [0.15, 0.2) is 0 Å². The summed E-state index contributed by atoms with van der Waals surface area (Å²) in [5, 5.41) is 0. The molecule has 1 aliphatic rings. The Labute approximate surface area is 82.9 Å². The number of likely N-dealkylation sites (N-methyl/N-ethyl adjacent to an activating group) is 1. The van der Waals surface area contributed by atoms with Gasteiger partial charge in [0.25, 0.3) is 0 Å². The van der Waals surface area contributed by atoms with E-state index in [9.17, 15) is 0 Å². The third kappa shape index (κ3) is 2.96. The first-order valence-electron chi connectivity index (χ1n) is 5.50. The van der Waals surface area contributed by atoms with Gasteiger partial charge in [-0.2, -0.15) is 0 Å². The predicted octanol–water partition coefficient (Wildman–Crippen LogP) is 1.81. The number of unbranched alkanes of at least 4 members (excludes halogenated alkanes) is 1. The van der Waals surface area contributed by atoms with Gasteiger partial charge in [-0.25, -0.2) is 0 Å². The van der Waals surface area contributed by atoms with Crippen molar-refractivity contribution in [2.24, 2.45) is 0 Å². The summed E-state index contributed by atoms with van der Waals surface area (Å²) in [5.74, 6) is 0. The second-order valence-corrected chi connectivity index (χ2v) is 4.89. The average molecular weight is 184 g/mol. The van der Waals surface area contributed by atoms with Gasteiger partial charge in [-0.15, -0.1) is 0 Å². The summed E-state index contributed by atoms with van der Waals surface area (Å²) in [6.07, 6.45) is 2.65. The molecule has 0 aromatic heterocycles. The van der Waals surface area contributed by atoms with E-state index in [0.717, 1.165) is 0 Å². The summed E-state index contributed by atoms with van der Waals surface area (Å²) in [6.45, 7) is 11.9. The van der Waals surface area contributed by atoms with Crippen LogP contribution in [0.2, 0.25) is 0 Å². The summed E-state index contributed by atoms with van der Waals surface area (Å²) < 4.78 is 0. The summed E-state index contributed by atoms with van der Waals surface area (Å²) >= 11 is 0. The van der Waals surface area contributed by atoms with Gasteiger partial charge in [-0.1, -0.05) is 13.3 Å². The summed E-state index contributed by atoms with van der Waals surface area (Å²) in [4.78, 5) is 5.07. The van der Waals surface area contributed by atoms with E-state index in [2.05, 4.69) is 37.6 Å². The zero-order valence-corrected chi connectivity index (χ0v) is 9.64. The van der Waals surface area contributed by atoms with Crippen LogP contribution in [0.15, 0.2) is 0 Å². The normalized spacial score (nSPS) is 24.9. The number of nitrogens with zero attached hydrogens (tertiary/aromatic N) is 2. The highest BCUT2D eigenvalue weighted by Gasteiger charge is 2.31. The standard InChI is InChI=1S/C11H24N2/c1-5-6-7-13-9-8-12(4)10-11(13,2)3/h5-10H2,1-4H3. The van der Waals surface area contributed by atoms with E-state index in [1.54, 1.807) is 0 Å². The number of hydrogen-bond acceptors (Lipinski definition) is 2. The molecule has 0 amide bonds. The molecule has 0 aromatic carbocycles. The Morgan fingerprint density at radius 1 is 1.23 bits per heavy atom. The molecular formula is C11H24N2. The molecule has 1 aliphatic heterocycles. The van der Waals surface area contributed by atoms with Crippen LogP contribution in [0.3, 0.4) is 0 Å². The first-order chi connectivity index (χ1) is 6.06. The van der Waals surface area contributed by atoms with E-state index in [1.165, 1.54) is 39.0 Å². The van der Waals surface area contributed by atoms with Crippen LogP contribution in [0.4, 0.5) is 0 Å². The van der Waals surface area contributed by atoms with Crippen molar-refractivity contribution in [1.29, 1.82) is 0 Å². The van der Waals surface area contributed by atoms with Crippen molar-refractivity contribution in [3.63, 3.8) is 0 Å². The van der Waals surface area contributed by atoms with Crippen LogP contribution in [0, 0.1) is 0 Å². The van der Waals surface area contributed by atoms with Gasteiger partial charge in [0.1, 0.15) is 0 Å². The Balaban J connectivity index is 2.44. The maximum atomic E-state index is 2.64. The van der Waals surface area contributed by atoms with Crippen molar-refractivity contribution in [3.05, 3.63) is 0 Å². The molecule has 0 aliphatic carbocycles. The zero-order valence-electron chi connectivity index (χ0n) is 9.64. The number of rotatable bonds is 3. The van der Waals surface area contributed by atoms with E-state index in [1.807, 2.05) is 0 Å². The van der Waals surface area contributed by atoms with Crippen LogP contribution in [-0.2, 0) is 0 Å². The summed E-state index contributed by atoms with van der Waals surface area (Å²) in [6, 6.07) is 0. The fraction of sp³-hybridized carbons (Fsp3) is 1.00. The molecule has 1 saturated heterocycles. The monoisotopic (exact) mass is 184 g/mol. The topological polar surface area (TPSA) is 6.48 Å². The molecule has 0 N–H and O–H groups in total. The molecule has 0 bridgehead atoms. The second-order valence-electron chi connectivity index (χ2n) is 4.89. The average Bonchev–Trinajstić information content (AvgIpc) is 2.01. The highest BCUT2D eigenvalue weighted by atomic mass is 15.3. The van der Waals surface area contributed by atoms with Crippen LogP contribution < -0.4 is 0 Å². The van der Waals surface area contributed by atoms with Crippen LogP contribution in [-0.4, -0.2) is 48.6 Å². The predicted molar refractivity (Wildman–Crippen MR) is 58.1 cm³/mol. The van der Waals surface area contributed by atoms with Gasteiger partial charge >= 0.3 is 0 Å². The lowest BCUT2D eigenvalue weighted by atomic mass is 9.99. The van der Waals surface area contributed by atoms with Gasteiger partial charge in [0.2, 0.25) is 0 Å². The fourth-order valence-corrected chi connectivity index (χ4v) is 2.20. The molecular weight excluding hydrogens is 160 g/mol. The van der Waals surface area contributed by atoms with Crippen LogP contribution >= 0.6 is 0 Å². The van der Waals surface area contributed by atoms with Gasteiger partial charge in [-0.3, -0.25) is 4.90 Å². The smallest absolute Gasteiger partial charge is 0.0280 e. The molecule has 0 saturated carbocycles. The Morgan fingerprint density at radius 3 is 2.46 bits per heavy atom. The molecule has 0 radical (unpaired) electrons. The first-order valence-corrected chi connectivity index (χ1v) is 5.50. The second kappa shape index (κ2) is 4.43. The van der Waals surface area contributed by atoms with Gasteiger partial charge in [0.05, 0.1) is 0 Å². The minimum atomic E-state index is 0.377. The molecule has 1 fully saturated rings. The van der Waals surface area contributed by atoms with Crippen molar-refractivity contribution >= 4 is 0 Å². The summed E-state index contributed by atoms with van der Waals surface area (Å²) in [7, 11) is 2.22.